The van der Waals surface area contributed by atoms with Crippen molar-refractivity contribution < 1.29 is 24.5 Å². The summed E-state index contributed by atoms with van der Waals surface area (Å²) in [4.78, 5) is 19.1. The van der Waals surface area contributed by atoms with Gasteiger partial charge in [-0.3, -0.25) is 0 Å². The van der Waals surface area contributed by atoms with E-state index < -0.39 is 11.9 Å². The molecule has 0 aliphatic heterocycles. The van der Waals surface area contributed by atoms with Crippen LogP contribution in [0, 0.1) is 11.3 Å². The van der Waals surface area contributed by atoms with Crippen molar-refractivity contribution in [1.29, 1.82) is 5.26 Å². The second-order valence-corrected chi connectivity index (χ2v) is 6.12. The van der Waals surface area contributed by atoms with Crippen molar-refractivity contribution in [2.75, 3.05) is 6.54 Å². The molecule has 0 atom stereocenters. The van der Waals surface area contributed by atoms with Crippen molar-refractivity contribution in [1.82, 2.24) is 5.32 Å². The lowest BCUT2D eigenvalue weighted by molar-refractivity contribution is -0.134. The van der Waals surface area contributed by atoms with Gasteiger partial charge in [-0.25, -0.2) is 9.59 Å². The Balaban J connectivity index is 0.000000447. The zero-order valence-electron chi connectivity index (χ0n) is 15.8. The van der Waals surface area contributed by atoms with Crippen LogP contribution in [0.3, 0.4) is 0 Å². The molecule has 7 nitrogen and oxygen atoms in total. The van der Waals surface area contributed by atoms with Crippen molar-refractivity contribution in [3.05, 3.63) is 70.8 Å². The molecule has 2 aromatic carbocycles. The van der Waals surface area contributed by atoms with E-state index in [1.807, 2.05) is 24.3 Å². The normalized spacial score (nSPS) is 9.97. The lowest BCUT2D eigenvalue weighted by atomic mass is 10.2. The highest BCUT2D eigenvalue weighted by Gasteiger charge is 2.06. The maximum Gasteiger partial charge on any atom is 0.328 e. The second kappa shape index (κ2) is 12.9. The molecule has 3 N–H and O–H groups in total. The Bertz CT molecular complexity index is 890. The lowest BCUT2D eigenvalue weighted by Gasteiger charge is -2.10. The topological polar surface area (TPSA) is 120 Å². The first-order chi connectivity index (χ1) is 13.8. The molecule has 2 rings (SSSR count). The van der Waals surface area contributed by atoms with Crippen LogP contribution in [-0.2, 0) is 16.1 Å². The number of nitrogens with one attached hydrogen (secondary N) is 1. The van der Waals surface area contributed by atoms with Crippen LogP contribution in [-0.4, -0.2) is 28.7 Å². The van der Waals surface area contributed by atoms with Gasteiger partial charge in [0, 0.05) is 29.8 Å². The number of nitrogens with zero attached hydrogens (tertiary/aromatic N) is 1. The molecule has 0 heterocycles. The van der Waals surface area contributed by atoms with E-state index >= 15 is 0 Å². The molecule has 0 spiro atoms. The number of halogens is 1. The van der Waals surface area contributed by atoms with Crippen LogP contribution in [0.4, 0.5) is 0 Å². The van der Waals surface area contributed by atoms with Gasteiger partial charge in [0.25, 0.3) is 0 Å². The lowest BCUT2D eigenvalue weighted by Crippen LogP contribution is -2.13. The molecule has 0 aliphatic carbocycles. The molecule has 0 aliphatic rings. The van der Waals surface area contributed by atoms with Gasteiger partial charge in [0.15, 0.2) is 0 Å². The molecule has 0 bridgehead atoms. The van der Waals surface area contributed by atoms with Crippen molar-refractivity contribution in [2.24, 2.45) is 0 Å². The molecular formula is C21H21ClN2O5. The zero-order valence-corrected chi connectivity index (χ0v) is 16.5. The van der Waals surface area contributed by atoms with Crippen molar-refractivity contribution in [2.45, 2.75) is 19.9 Å². The number of nitriles is 1. The van der Waals surface area contributed by atoms with Crippen molar-refractivity contribution >= 4 is 23.5 Å². The maximum atomic E-state index is 9.55. The molecular weight excluding hydrogens is 396 g/mol. The molecule has 8 heteroatoms. The van der Waals surface area contributed by atoms with E-state index in [1.54, 1.807) is 18.2 Å². The minimum absolute atomic E-state index is 0.467. The van der Waals surface area contributed by atoms with Crippen LogP contribution in [0.1, 0.15) is 24.5 Å². The summed E-state index contributed by atoms with van der Waals surface area (Å²) in [6.07, 6.45) is 2.22. The minimum atomic E-state index is -1.26. The molecule has 0 unspecified atom stereocenters. The molecule has 0 radical (unpaired) electrons. The fraction of sp³-hybridized carbons (Fsp3) is 0.190. The van der Waals surface area contributed by atoms with Gasteiger partial charge < -0.3 is 20.3 Å². The first-order valence-electron chi connectivity index (χ1n) is 8.66. The Labute approximate surface area is 173 Å². The Morgan fingerprint density at radius 2 is 1.86 bits per heavy atom. The van der Waals surface area contributed by atoms with E-state index in [0.717, 1.165) is 25.1 Å². The third kappa shape index (κ3) is 9.96. The van der Waals surface area contributed by atoms with Crippen LogP contribution >= 0.6 is 11.6 Å². The summed E-state index contributed by atoms with van der Waals surface area (Å²) in [5.74, 6) is -1.34. The number of carboxylic acids is 2. The Hall–Kier alpha value is -3.34. The number of aliphatic carboxylic acids is 2. The van der Waals surface area contributed by atoms with Crippen LogP contribution < -0.4 is 10.1 Å². The predicted molar refractivity (Wildman–Crippen MR) is 109 cm³/mol. The molecule has 2 aromatic rings. The summed E-state index contributed by atoms with van der Waals surface area (Å²) in [5, 5.41) is 28.6. The van der Waals surface area contributed by atoms with Gasteiger partial charge in [0.05, 0.1) is 5.56 Å². The Kier molecular flexibility index (Phi) is 10.6. The summed E-state index contributed by atoms with van der Waals surface area (Å²) in [6, 6.07) is 14.9. The third-order valence-corrected chi connectivity index (χ3v) is 3.55. The van der Waals surface area contributed by atoms with Gasteiger partial charge in [0.1, 0.15) is 17.6 Å². The van der Waals surface area contributed by atoms with E-state index in [1.165, 1.54) is 0 Å². The number of carboxylic acid groups (broad SMARTS) is 2. The fourth-order valence-corrected chi connectivity index (χ4v) is 2.23. The van der Waals surface area contributed by atoms with Crippen molar-refractivity contribution in [3.8, 4) is 17.6 Å². The van der Waals surface area contributed by atoms with Gasteiger partial charge in [-0.1, -0.05) is 30.7 Å². The average molecular weight is 417 g/mol. The summed E-state index contributed by atoms with van der Waals surface area (Å²) in [5.41, 5.74) is 1.61. The second-order valence-electron chi connectivity index (χ2n) is 5.69. The van der Waals surface area contributed by atoms with E-state index in [0.29, 0.717) is 34.2 Å². The molecule has 0 saturated carbocycles. The van der Waals surface area contributed by atoms with E-state index in [4.69, 9.17) is 31.8 Å². The number of rotatable bonds is 8. The minimum Gasteiger partial charge on any atom is -0.478 e. The summed E-state index contributed by atoms with van der Waals surface area (Å²) < 4.78 is 5.79. The van der Waals surface area contributed by atoms with E-state index in [2.05, 4.69) is 18.3 Å². The quantitative estimate of drug-likeness (QED) is 0.435. The Morgan fingerprint density at radius 1 is 1.17 bits per heavy atom. The van der Waals surface area contributed by atoms with Gasteiger partial charge in [0.2, 0.25) is 0 Å². The largest absolute Gasteiger partial charge is 0.478 e. The smallest absolute Gasteiger partial charge is 0.328 e. The van der Waals surface area contributed by atoms with E-state index in [-0.39, 0.29) is 0 Å². The first-order valence-corrected chi connectivity index (χ1v) is 9.04. The molecule has 0 fully saturated rings. The highest BCUT2D eigenvalue weighted by molar-refractivity contribution is 6.30. The number of hydrogen-bond acceptors (Lipinski definition) is 5. The standard InChI is InChI=1S/C17H17ClN2O.C4H4O4/c1-2-8-20-12-13-4-3-5-16(9-13)21-17-10-15(18)7-6-14(17)11-19;5-3(6)1-2-4(7)8/h3-7,9-10,20H,2,8,12H2,1H3;1-2H,(H,5,6)(H,7,8). The summed E-state index contributed by atoms with van der Waals surface area (Å²) in [6.45, 7) is 3.92. The van der Waals surface area contributed by atoms with Gasteiger partial charge >= 0.3 is 11.9 Å². The maximum absolute atomic E-state index is 9.55. The fourth-order valence-electron chi connectivity index (χ4n) is 2.07. The van der Waals surface area contributed by atoms with Crippen molar-refractivity contribution in [3.63, 3.8) is 0 Å². The highest BCUT2D eigenvalue weighted by Crippen LogP contribution is 2.28. The number of hydrogen-bond donors (Lipinski definition) is 3. The molecule has 0 aromatic heterocycles. The number of ether oxygens (including phenoxy) is 1. The number of carbonyl (C=O) groups is 2. The summed E-state index contributed by atoms with van der Waals surface area (Å²) in [7, 11) is 0. The SMILES string of the molecule is CCCNCc1cccc(Oc2cc(Cl)ccc2C#N)c1.O=C(O)C=CC(=O)O. The number of benzene rings is 2. The van der Waals surface area contributed by atoms with Gasteiger partial charge in [-0.05, 0) is 42.8 Å². The molecule has 152 valence electrons. The van der Waals surface area contributed by atoms with E-state index in [9.17, 15) is 9.59 Å². The monoisotopic (exact) mass is 416 g/mol. The van der Waals surface area contributed by atoms with Gasteiger partial charge in [-0.2, -0.15) is 5.26 Å². The summed E-state index contributed by atoms with van der Waals surface area (Å²) >= 11 is 5.96. The van der Waals surface area contributed by atoms with Crippen LogP contribution in [0.25, 0.3) is 0 Å². The molecule has 0 amide bonds. The third-order valence-electron chi connectivity index (χ3n) is 3.31. The first kappa shape index (κ1) is 23.7. The van der Waals surface area contributed by atoms with Crippen LogP contribution in [0.2, 0.25) is 5.02 Å². The average Bonchev–Trinajstić information content (AvgIpc) is 2.68. The van der Waals surface area contributed by atoms with Crippen LogP contribution in [0.15, 0.2) is 54.6 Å². The predicted octanol–water partition coefficient (Wildman–Crippen LogP) is 4.22. The highest BCUT2D eigenvalue weighted by atomic mass is 35.5. The molecule has 0 saturated heterocycles. The zero-order chi connectivity index (χ0) is 21.6. The van der Waals surface area contributed by atoms with Crippen LogP contribution in [0.5, 0.6) is 11.5 Å². The molecule has 29 heavy (non-hydrogen) atoms. The Morgan fingerprint density at radius 3 is 2.45 bits per heavy atom. The van der Waals surface area contributed by atoms with Gasteiger partial charge in [-0.15, -0.1) is 0 Å².